The molecule has 1 unspecified atom stereocenters. The Labute approximate surface area is 235 Å². The van der Waals surface area contributed by atoms with Crippen LogP contribution in [0, 0.1) is 0 Å². The van der Waals surface area contributed by atoms with Crippen LogP contribution in [0.4, 0.5) is 4.79 Å². The molecule has 0 aliphatic heterocycles. The average Bonchev–Trinajstić information content (AvgIpc) is 2.88. The zero-order chi connectivity index (χ0) is 28.8. The second-order valence-electron chi connectivity index (χ2n) is 10.4. The van der Waals surface area contributed by atoms with E-state index < -0.39 is 11.7 Å². The van der Waals surface area contributed by atoms with Gasteiger partial charge in [0.15, 0.2) is 0 Å². The van der Waals surface area contributed by atoms with Crippen molar-refractivity contribution < 1.29 is 38.0 Å². The monoisotopic (exact) mass is 553 g/mol. The van der Waals surface area contributed by atoms with Crippen molar-refractivity contribution >= 4 is 12.1 Å². The number of carbonyl (C=O) groups excluding carboxylic acids is 2. The van der Waals surface area contributed by atoms with Crippen LogP contribution in [0.15, 0.2) is 24.3 Å². The number of nitrogens with one attached hydrogen (secondary N) is 1. The summed E-state index contributed by atoms with van der Waals surface area (Å²) in [5.41, 5.74) is 0.443. The van der Waals surface area contributed by atoms with Crippen LogP contribution in [0.25, 0.3) is 0 Å². The summed E-state index contributed by atoms with van der Waals surface area (Å²) in [5.74, 6) is 0.646. The smallest absolute Gasteiger partial charge is 0.408 e. The maximum Gasteiger partial charge on any atom is 0.408 e. The van der Waals surface area contributed by atoms with Crippen LogP contribution in [-0.2, 0) is 28.5 Å². The number of carbonyl (C=O) groups is 2. The number of amides is 1. The number of alkyl carbamates (subject to hydrolysis) is 1. The minimum absolute atomic E-state index is 0.155. The molecule has 1 N–H and O–H groups in total. The lowest BCUT2D eigenvalue weighted by atomic mass is 10.1. The van der Waals surface area contributed by atoms with Gasteiger partial charge in [-0.3, -0.25) is 4.79 Å². The summed E-state index contributed by atoms with van der Waals surface area (Å²) < 4.78 is 32.5. The summed E-state index contributed by atoms with van der Waals surface area (Å²) in [5, 5.41) is 2.86. The molecule has 0 saturated carbocycles. The first-order chi connectivity index (χ1) is 18.7. The Morgan fingerprint density at radius 2 is 1.36 bits per heavy atom. The minimum atomic E-state index is -0.526. The van der Waals surface area contributed by atoms with Crippen LogP contribution in [0.2, 0.25) is 0 Å². The first-order valence-corrected chi connectivity index (χ1v) is 14.2. The predicted octanol–water partition coefficient (Wildman–Crippen LogP) is 5.99. The quantitative estimate of drug-likeness (QED) is 0.138. The molecule has 1 rings (SSSR count). The maximum absolute atomic E-state index is 12.0. The van der Waals surface area contributed by atoms with E-state index in [9.17, 15) is 9.59 Å². The summed E-state index contributed by atoms with van der Waals surface area (Å²) in [7, 11) is 1.41. The molecule has 1 aromatic carbocycles. The minimum Gasteiger partial charge on any atom is -0.494 e. The van der Waals surface area contributed by atoms with Gasteiger partial charge in [0, 0.05) is 19.6 Å². The Balaban J connectivity index is 1.94. The Morgan fingerprint density at radius 3 is 1.95 bits per heavy atom. The van der Waals surface area contributed by atoms with Crippen molar-refractivity contribution in [2.45, 2.75) is 90.7 Å². The van der Waals surface area contributed by atoms with Crippen LogP contribution >= 0.6 is 0 Å². The maximum atomic E-state index is 12.0. The van der Waals surface area contributed by atoms with E-state index in [1.807, 2.05) is 52.0 Å². The van der Waals surface area contributed by atoms with E-state index in [1.165, 1.54) is 7.11 Å². The van der Waals surface area contributed by atoms with E-state index in [1.54, 1.807) is 0 Å². The van der Waals surface area contributed by atoms with Gasteiger partial charge >= 0.3 is 12.1 Å². The van der Waals surface area contributed by atoms with Crippen molar-refractivity contribution in [3.8, 4) is 5.75 Å². The SMILES string of the molecule is COC(=O)CCCCCOCCOCCOCCCCCCOc1cccc(C(C)NC(=O)OC(C)(C)C)c1. The number of unbranched alkanes of at least 4 members (excludes halogenated alkanes) is 5. The molecule has 1 atom stereocenters. The van der Waals surface area contributed by atoms with Gasteiger partial charge in [-0.15, -0.1) is 0 Å². The zero-order valence-electron chi connectivity index (χ0n) is 24.8. The second-order valence-corrected chi connectivity index (χ2v) is 10.4. The summed E-state index contributed by atoms with van der Waals surface area (Å²) in [4.78, 5) is 23.0. The molecule has 1 amide bonds. The number of hydrogen-bond donors (Lipinski definition) is 1. The number of hydrogen-bond acceptors (Lipinski definition) is 8. The fourth-order valence-electron chi connectivity index (χ4n) is 3.59. The molecule has 9 nitrogen and oxygen atoms in total. The Hall–Kier alpha value is -2.36. The normalized spacial score (nSPS) is 12.1. The summed E-state index contributed by atoms with van der Waals surface area (Å²) in [6.45, 7) is 11.8. The molecule has 0 fully saturated rings. The summed E-state index contributed by atoms with van der Waals surface area (Å²) >= 11 is 0. The van der Waals surface area contributed by atoms with Crippen molar-refractivity contribution in [2.24, 2.45) is 0 Å². The van der Waals surface area contributed by atoms with Crippen molar-refractivity contribution in [3.05, 3.63) is 29.8 Å². The van der Waals surface area contributed by atoms with Gasteiger partial charge in [-0.1, -0.05) is 25.0 Å². The molecule has 39 heavy (non-hydrogen) atoms. The molecular weight excluding hydrogens is 502 g/mol. The molecule has 0 bridgehead atoms. The molecule has 224 valence electrons. The van der Waals surface area contributed by atoms with Gasteiger partial charge in [0.05, 0.1) is 46.2 Å². The van der Waals surface area contributed by atoms with Gasteiger partial charge in [0.25, 0.3) is 0 Å². The van der Waals surface area contributed by atoms with Crippen molar-refractivity contribution in [1.29, 1.82) is 0 Å². The fraction of sp³-hybridized carbons (Fsp3) is 0.733. The molecule has 0 radical (unpaired) electrons. The highest BCUT2D eigenvalue weighted by Gasteiger charge is 2.18. The highest BCUT2D eigenvalue weighted by Crippen LogP contribution is 2.20. The Kier molecular flexibility index (Phi) is 19.1. The van der Waals surface area contributed by atoms with Crippen LogP contribution < -0.4 is 10.1 Å². The first-order valence-electron chi connectivity index (χ1n) is 14.2. The number of benzene rings is 1. The molecule has 0 saturated heterocycles. The summed E-state index contributed by atoms with van der Waals surface area (Å²) in [6, 6.07) is 7.61. The van der Waals surface area contributed by atoms with Crippen LogP contribution in [0.1, 0.15) is 90.7 Å². The number of methoxy groups -OCH3 is 1. The largest absolute Gasteiger partial charge is 0.494 e. The molecule has 0 spiro atoms. The number of ether oxygens (including phenoxy) is 6. The third-order valence-electron chi connectivity index (χ3n) is 5.68. The highest BCUT2D eigenvalue weighted by atomic mass is 16.6. The third-order valence-corrected chi connectivity index (χ3v) is 5.68. The van der Waals surface area contributed by atoms with E-state index in [0.717, 1.165) is 62.9 Å². The van der Waals surface area contributed by atoms with Crippen LogP contribution in [0.3, 0.4) is 0 Å². The molecule has 1 aromatic rings. The van der Waals surface area contributed by atoms with Gasteiger partial charge in [-0.2, -0.15) is 0 Å². The van der Waals surface area contributed by atoms with Gasteiger partial charge in [0.2, 0.25) is 0 Å². The van der Waals surface area contributed by atoms with Gasteiger partial charge in [-0.05, 0) is 77.5 Å². The molecule has 0 aliphatic rings. The highest BCUT2D eigenvalue weighted by molar-refractivity contribution is 5.69. The number of rotatable bonds is 22. The Morgan fingerprint density at radius 1 is 0.795 bits per heavy atom. The lowest BCUT2D eigenvalue weighted by Gasteiger charge is -2.22. The van der Waals surface area contributed by atoms with Gasteiger partial charge in [-0.25, -0.2) is 4.79 Å². The standard InChI is InChI=1S/C30H51NO8/c1-25(31-29(33)39-30(2,3)4)26-14-13-15-27(24-26)38-19-12-7-6-10-17-35-20-22-37-23-21-36-18-11-8-9-16-28(32)34-5/h13-15,24-25H,6-12,16-23H2,1-5H3,(H,31,33). The molecule has 0 aromatic heterocycles. The van der Waals surface area contributed by atoms with E-state index in [4.69, 9.17) is 23.7 Å². The predicted molar refractivity (Wildman–Crippen MR) is 151 cm³/mol. The molecule has 0 aliphatic carbocycles. The Bertz CT molecular complexity index is 780. The van der Waals surface area contributed by atoms with Crippen LogP contribution in [0.5, 0.6) is 5.75 Å². The molecule has 0 heterocycles. The van der Waals surface area contributed by atoms with Crippen molar-refractivity contribution in [3.63, 3.8) is 0 Å². The lowest BCUT2D eigenvalue weighted by Crippen LogP contribution is -2.34. The zero-order valence-corrected chi connectivity index (χ0v) is 24.8. The van der Waals surface area contributed by atoms with E-state index in [-0.39, 0.29) is 12.0 Å². The number of esters is 1. The molecular formula is C30H51NO8. The van der Waals surface area contributed by atoms with Gasteiger partial charge < -0.3 is 33.7 Å². The third kappa shape index (κ3) is 20.2. The van der Waals surface area contributed by atoms with Crippen molar-refractivity contribution in [2.75, 3.05) is 53.4 Å². The average molecular weight is 554 g/mol. The van der Waals surface area contributed by atoms with E-state index in [0.29, 0.717) is 46.1 Å². The second kappa shape index (κ2) is 21.5. The van der Waals surface area contributed by atoms with Crippen molar-refractivity contribution in [1.82, 2.24) is 5.32 Å². The van der Waals surface area contributed by atoms with E-state index >= 15 is 0 Å². The molecule has 9 heteroatoms. The van der Waals surface area contributed by atoms with E-state index in [2.05, 4.69) is 10.1 Å². The van der Waals surface area contributed by atoms with Gasteiger partial charge in [0.1, 0.15) is 11.4 Å². The summed E-state index contributed by atoms with van der Waals surface area (Å²) in [6.07, 6.45) is 6.94. The first kappa shape index (κ1) is 34.7. The van der Waals surface area contributed by atoms with Crippen LogP contribution in [-0.4, -0.2) is 71.0 Å². The topological polar surface area (TPSA) is 102 Å². The lowest BCUT2D eigenvalue weighted by molar-refractivity contribution is -0.140. The fourth-order valence-corrected chi connectivity index (χ4v) is 3.59.